The van der Waals surface area contributed by atoms with E-state index in [1.807, 2.05) is 19.1 Å². The molecule has 3 heteroatoms. The van der Waals surface area contributed by atoms with Gasteiger partial charge < -0.3 is 9.14 Å². The van der Waals surface area contributed by atoms with Gasteiger partial charge in [0.1, 0.15) is 0 Å². The number of aromatic nitrogens is 1. The maximum atomic E-state index is 11.3. The lowest BCUT2D eigenvalue weighted by atomic mass is 10.1. The van der Waals surface area contributed by atoms with Crippen LogP contribution in [0.2, 0.25) is 0 Å². The molecule has 0 radical (unpaired) electrons. The minimum atomic E-state index is -0.101. The van der Waals surface area contributed by atoms with Crippen LogP contribution in [0.25, 0.3) is 5.52 Å². The fourth-order valence-electron chi connectivity index (χ4n) is 2.27. The molecule has 3 nitrogen and oxygen atoms in total. The Morgan fingerprint density at radius 3 is 3.00 bits per heavy atom. The molecule has 0 aliphatic rings. The molecular weight excluding hydrogens is 226 g/mol. The first-order chi connectivity index (χ1) is 8.72. The summed E-state index contributed by atoms with van der Waals surface area (Å²) in [5.41, 5.74) is 3.78. The van der Waals surface area contributed by atoms with Gasteiger partial charge in [0.15, 0.2) is 0 Å². The summed E-state index contributed by atoms with van der Waals surface area (Å²) in [6.07, 6.45) is 4.30. The van der Waals surface area contributed by atoms with E-state index in [4.69, 9.17) is 4.74 Å². The zero-order chi connectivity index (χ0) is 13.0. The van der Waals surface area contributed by atoms with Crippen LogP contribution >= 0.6 is 0 Å². The predicted octanol–water partition coefficient (Wildman–Crippen LogP) is 3.13. The van der Waals surface area contributed by atoms with Crippen LogP contribution in [0.4, 0.5) is 0 Å². The van der Waals surface area contributed by atoms with E-state index < -0.39 is 0 Å². The minimum Gasteiger partial charge on any atom is -0.466 e. The van der Waals surface area contributed by atoms with Gasteiger partial charge in [0, 0.05) is 23.8 Å². The summed E-state index contributed by atoms with van der Waals surface area (Å²) in [4.78, 5) is 11.3. The highest BCUT2D eigenvalue weighted by molar-refractivity contribution is 5.69. The summed E-state index contributed by atoms with van der Waals surface area (Å²) >= 11 is 0. The lowest BCUT2D eigenvalue weighted by molar-refractivity contribution is -0.143. The average Bonchev–Trinajstić information content (AvgIpc) is 2.66. The van der Waals surface area contributed by atoms with Gasteiger partial charge in [-0.15, -0.1) is 0 Å². The van der Waals surface area contributed by atoms with E-state index in [0.29, 0.717) is 13.0 Å². The van der Waals surface area contributed by atoms with Gasteiger partial charge in [0.25, 0.3) is 0 Å². The largest absolute Gasteiger partial charge is 0.466 e. The number of hydrogen-bond donors (Lipinski definition) is 0. The number of nitrogens with zero attached hydrogens (tertiary/aromatic N) is 1. The molecule has 0 aliphatic heterocycles. The van der Waals surface area contributed by atoms with Crippen molar-refractivity contribution in [3.8, 4) is 0 Å². The Labute approximate surface area is 107 Å². The predicted molar refractivity (Wildman–Crippen MR) is 71.7 cm³/mol. The van der Waals surface area contributed by atoms with E-state index in [9.17, 15) is 4.79 Å². The van der Waals surface area contributed by atoms with Crippen molar-refractivity contribution in [1.82, 2.24) is 4.40 Å². The quantitative estimate of drug-likeness (QED) is 0.758. The van der Waals surface area contributed by atoms with Crippen molar-refractivity contribution < 1.29 is 9.53 Å². The van der Waals surface area contributed by atoms with Crippen molar-refractivity contribution in [3.63, 3.8) is 0 Å². The van der Waals surface area contributed by atoms with Crippen molar-refractivity contribution in [1.29, 1.82) is 0 Å². The first-order valence-electron chi connectivity index (χ1n) is 6.43. The van der Waals surface area contributed by atoms with Crippen molar-refractivity contribution in [2.75, 3.05) is 6.61 Å². The van der Waals surface area contributed by atoms with E-state index in [2.05, 4.69) is 29.7 Å². The molecule has 0 fully saturated rings. The Morgan fingerprint density at radius 1 is 1.39 bits per heavy atom. The SMILES string of the molecule is CCOC(=O)CCCc1c(C)cc2ccccn12. The highest BCUT2D eigenvalue weighted by Gasteiger charge is 2.07. The number of rotatable bonds is 5. The Balaban J connectivity index is 2.03. The second-order valence-corrected chi connectivity index (χ2v) is 4.43. The molecule has 0 atom stereocenters. The molecule has 0 amide bonds. The first-order valence-corrected chi connectivity index (χ1v) is 6.43. The Bertz CT molecular complexity index is 542. The van der Waals surface area contributed by atoms with E-state index in [-0.39, 0.29) is 5.97 Å². The molecule has 2 rings (SSSR count). The fourth-order valence-corrected chi connectivity index (χ4v) is 2.27. The molecule has 2 aromatic rings. The molecule has 0 unspecified atom stereocenters. The number of hydrogen-bond acceptors (Lipinski definition) is 2. The normalized spacial score (nSPS) is 10.8. The topological polar surface area (TPSA) is 30.7 Å². The number of carbonyl (C=O) groups excluding carboxylic acids is 1. The Kier molecular flexibility index (Phi) is 4.03. The van der Waals surface area contributed by atoms with Gasteiger partial charge in [-0.3, -0.25) is 4.79 Å². The smallest absolute Gasteiger partial charge is 0.305 e. The van der Waals surface area contributed by atoms with Crippen molar-refractivity contribution in [2.45, 2.75) is 33.1 Å². The van der Waals surface area contributed by atoms with Crippen LogP contribution in [-0.4, -0.2) is 17.0 Å². The number of ether oxygens (including phenoxy) is 1. The molecule has 18 heavy (non-hydrogen) atoms. The molecule has 0 saturated carbocycles. The second kappa shape index (κ2) is 5.71. The van der Waals surface area contributed by atoms with Crippen LogP contribution in [0.3, 0.4) is 0 Å². The molecule has 2 heterocycles. The van der Waals surface area contributed by atoms with E-state index in [0.717, 1.165) is 12.8 Å². The summed E-state index contributed by atoms with van der Waals surface area (Å²) in [5, 5.41) is 0. The van der Waals surface area contributed by atoms with Gasteiger partial charge in [0.2, 0.25) is 0 Å². The second-order valence-electron chi connectivity index (χ2n) is 4.43. The Morgan fingerprint density at radius 2 is 2.22 bits per heavy atom. The summed E-state index contributed by atoms with van der Waals surface area (Å²) in [7, 11) is 0. The minimum absolute atomic E-state index is 0.101. The summed E-state index contributed by atoms with van der Waals surface area (Å²) in [6, 6.07) is 8.35. The van der Waals surface area contributed by atoms with Crippen LogP contribution in [0.5, 0.6) is 0 Å². The van der Waals surface area contributed by atoms with Crippen LogP contribution < -0.4 is 0 Å². The van der Waals surface area contributed by atoms with Gasteiger partial charge in [0.05, 0.1) is 6.61 Å². The number of carbonyl (C=O) groups is 1. The molecule has 96 valence electrons. The summed E-state index contributed by atoms with van der Waals surface area (Å²) in [5.74, 6) is -0.101. The highest BCUT2D eigenvalue weighted by atomic mass is 16.5. The van der Waals surface area contributed by atoms with E-state index in [1.54, 1.807) is 0 Å². The first kappa shape index (κ1) is 12.7. The monoisotopic (exact) mass is 245 g/mol. The lowest BCUT2D eigenvalue weighted by Crippen LogP contribution is -2.05. The van der Waals surface area contributed by atoms with Crippen LogP contribution in [-0.2, 0) is 16.0 Å². The van der Waals surface area contributed by atoms with Crippen LogP contribution in [0.15, 0.2) is 30.5 Å². The zero-order valence-electron chi connectivity index (χ0n) is 11.0. The fraction of sp³-hybridized carbons (Fsp3) is 0.400. The third-order valence-electron chi connectivity index (χ3n) is 3.10. The van der Waals surface area contributed by atoms with Crippen LogP contribution in [0.1, 0.15) is 31.0 Å². The number of fused-ring (bicyclic) bond motifs is 1. The Hall–Kier alpha value is -1.77. The third-order valence-corrected chi connectivity index (χ3v) is 3.10. The van der Waals surface area contributed by atoms with Crippen LogP contribution in [0, 0.1) is 6.92 Å². The summed E-state index contributed by atoms with van der Waals surface area (Å²) < 4.78 is 7.13. The van der Waals surface area contributed by atoms with Gasteiger partial charge in [-0.25, -0.2) is 0 Å². The van der Waals surface area contributed by atoms with Crippen molar-refractivity contribution in [2.24, 2.45) is 0 Å². The average molecular weight is 245 g/mol. The third kappa shape index (κ3) is 2.73. The number of aryl methyl sites for hydroxylation is 2. The molecule has 2 aromatic heterocycles. The van der Waals surface area contributed by atoms with Gasteiger partial charge in [-0.1, -0.05) is 6.07 Å². The summed E-state index contributed by atoms with van der Waals surface area (Å²) in [6.45, 7) is 4.42. The molecule has 0 aliphatic carbocycles. The molecule has 0 N–H and O–H groups in total. The number of esters is 1. The molecule has 0 aromatic carbocycles. The maximum Gasteiger partial charge on any atom is 0.305 e. The van der Waals surface area contributed by atoms with Gasteiger partial charge in [-0.05, 0) is 50.5 Å². The van der Waals surface area contributed by atoms with Crippen molar-refractivity contribution >= 4 is 11.5 Å². The molecular formula is C15H19NO2. The van der Waals surface area contributed by atoms with Crippen molar-refractivity contribution in [3.05, 3.63) is 41.7 Å². The molecule has 0 spiro atoms. The van der Waals surface area contributed by atoms with E-state index >= 15 is 0 Å². The van der Waals surface area contributed by atoms with E-state index in [1.165, 1.54) is 16.8 Å². The lowest BCUT2D eigenvalue weighted by Gasteiger charge is -2.05. The maximum absolute atomic E-state index is 11.3. The molecule has 0 bridgehead atoms. The highest BCUT2D eigenvalue weighted by Crippen LogP contribution is 2.17. The van der Waals surface area contributed by atoms with Gasteiger partial charge >= 0.3 is 5.97 Å². The standard InChI is InChI=1S/C15H19NO2/c1-3-18-15(17)9-6-8-14-12(2)11-13-7-4-5-10-16(13)14/h4-5,7,10-11H,3,6,8-9H2,1-2H3. The number of pyridine rings is 1. The zero-order valence-corrected chi connectivity index (χ0v) is 11.0. The molecule has 0 saturated heterocycles. The van der Waals surface area contributed by atoms with Gasteiger partial charge in [-0.2, -0.15) is 0 Å².